The van der Waals surface area contributed by atoms with E-state index in [-0.39, 0.29) is 11.8 Å². The van der Waals surface area contributed by atoms with E-state index in [9.17, 15) is 8.42 Å². The first-order valence-corrected chi connectivity index (χ1v) is 9.81. The van der Waals surface area contributed by atoms with E-state index < -0.39 is 9.84 Å². The van der Waals surface area contributed by atoms with Crippen LogP contribution in [0.25, 0.3) is 0 Å². The third-order valence-corrected chi connectivity index (χ3v) is 6.90. The Labute approximate surface area is 128 Å². The first-order valence-electron chi connectivity index (χ1n) is 8.15. The fraction of sp³-hybridized carbons (Fsp3) is 0.647. The predicted octanol–water partition coefficient (Wildman–Crippen LogP) is 3.46. The van der Waals surface area contributed by atoms with Gasteiger partial charge in [-0.2, -0.15) is 0 Å². The van der Waals surface area contributed by atoms with Gasteiger partial charge in [0.15, 0.2) is 9.84 Å². The zero-order valence-corrected chi connectivity index (χ0v) is 13.5. The zero-order chi connectivity index (χ0) is 14.9. The summed E-state index contributed by atoms with van der Waals surface area (Å²) in [7, 11) is -3.08. The third-order valence-electron chi connectivity index (χ3n) is 5.08. The number of sulfone groups is 1. The van der Waals surface area contributed by atoms with Crippen molar-refractivity contribution >= 4 is 9.84 Å². The smallest absolute Gasteiger partial charge is 0.178 e. The molecule has 0 aromatic heterocycles. The summed E-state index contributed by atoms with van der Waals surface area (Å²) < 4.78 is 24.4. The molecule has 116 valence electrons. The van der Waals surface area contributed by atoms with Gasteiger partial charge in [-0.1, -0.05) is 44.4 Å². The van der Waals surface area contributed by atoms with Crippen molar-refractivity contribution in [3.63, 3.8) is 0 Å². The average molecular weight is 307 g/mol. The Bertz CT molecular complexity index is 597. The zero-order valence-electron chi connectivity index (χ0n) is 12.7. The molecular weight excluding hydrogens is 282 g/mol. The molecule has 1 fully saturated rings. The summed E-state index contributed by atoms with van der Waals surface area (Å²) in [6.45, 7) is 2.33. The molecule has 1 N–H and O–H groups in total. The molecule has 0 spiro atoms. The van der Waals surface area contributed by atoms with E-state index in [1.54, 1.807) is 6.07 Å². The summed E-state index contributed by atoms with van der Waals surface area (Å²) in [6, 6.07) is 8.22. The fourth-order valence-corrected chi connectivity index (χ4v) is 5.38. The van der Waals surface area contributed by atoms with Gasteiger partial charge in [-0.25, -0.2) is 8.42 Å². The molecular formula is C17H25NO2S. The normalized spacial score (nSPS) is 32.1. The van der Waals surface area contributed by atoms with Crippen LogP contribution in [0.1, 0.15) is 57.1 Å². The molecule has 1 aliphatic heterocycles. The fourth-order valence-electron chi connectivity index (χ4n) is 3.76. The highest BCUT2D eigenvalue weighted by Crippen LogP contribution is 2.34. The Kier molecular flexibility index (Phi) is 4.36. The minimum absolute atomic E-state index is 0.190. The molecule has 0 radical (unpaired) electrons. The topological polar surface area (TPSA) is 46.2 Å². The van der Waals surface area contributed by atoms with Crippen LogP contribution in [-0.4, -0.2) is 20.2 Å². The quantitative estimate of drug-likeness (QED) is 0.851. The van der Waals surface area contributed by atoms with E-state index in [1.165, 1.54) is 32.1 Å². The lowest BCUT2D eigenvalue weighted by Gasteiger charge is -2.32. The maximum absolute atomic E-state index is 12.2. The molecule has 1 aliphatic carbocycles. The highest BCUT2D eigenvalue weighted by atomic mass is 32.2. The van der Waals surface area contributed by atoms with Crippen molar-refractivity contribution < 1.29 is 8.42 Å². The van der Waals surface area contributed by atoms with Gasteiger partial charge in [0.25, 0.3) is 0 Å². The Hall–Kier alpha value is -0.870. The lowest BCUT2D eigenvalue weighted by Crippen LogP contribution is -2.40. The van der Waals surface area contributed by atoms with Crippen molar-refractivity contribution in [2.75, 3.05) is 5.75 Å². The molecule has 1 saturated carbocycles. The van der Waals surface area contributed by atoms with Gasteiger partial charge >= 0.3 is 0 Å². The van der Waals surface area contributed by atoms with Crippen LogP contribution in [-0.2, 0) is 9.84 Å². The third kappa shape index (κ3) is 3.16. The van der Waals surface area contributed by atoms with Crippen molar-refractivity contribution in [3.05, 3.63) is 29.8 Å². The Morgan fingerprint density at radius 1 is 1.05 bits per heavy atom. The molecule has 3 nitrogen and oxygen atoms in total. The van der Waals surface area contributed by atoms with Gasteiger partial charge < -0.3 is 5.32 Å². The molecule has 21 heavy (non-hydrogen) atoms. The van der Waals surface area contributed by atoms with Crippen LogP contribution < -0.4 is 5.32 Å². The maximum atomic E-state index is 12.2. The van der Waals surface area contributed by atoms with E-state index in [0.29, 0.717) is 23.3 Å². The molecule has 0 amide bonds. The van der Waals surface area contributed by atoms with Gasteiger partial charge in [0.1, 0.15) is 0 Å². The minimum Gasteiger partial charge on any atom is -0.307 e. The Balaban J connectivity index is 1.83. The molecule has 1 aromatic carbocycles. The lowest BCUT2D eigenvalue weighted by molar-refractivity contribution is 0.314. The second-order valence-electron chi connectivity index (χ2n) is 6.59. The average Bonchev–Trinajstić information content (AvgIpc) is 2.67. The molecule has 4 heteroatoms. The van der Waals surface area contributed by atoms with Gasteiger partial charge in [-0.15, -0.1) is 0 Å². The van der Waals surface area contributed by atoms with E-state index in [2.05, 4.69) is 12.2 Å². The van der Waals surface area contributed by atoms with E-state index >= 15 is 0 Å². The van der Waals surface area contributed by atoms with Crippen molar-refractivity contribution in [2.24, 2.45) is 5.92 Å². The first-order chi connectivity index (χ1) is 10.1. The highest BCUT2D eigenvalue weighted by molar-refractivity contribution is 7.91. The second kappa shape index (κ2) is 6.09. The largest absolute Gasteiger partial charge is 0.307 e. The van der Waals surface area contributed by atoms with E-state index in [0.717, 1.165) is 5.56 Å². The van der Waals surface area contributed by atoms with Crippen LogP contribution in [0.3, 0.4) is 0 Å². The van der Waals surface area contributed by atoms with Crippen LogP contribution in [0.15, 0.2) is 29.2 Å². The summed E-state index contributed by atoms with van der Waals surface area (Å²) in [5, 5.41) is 3.78. The van der Waals surface area contributed by atoms with Crippen LogP contribution in [0.4, 0.5) is 0 Å². The van der Waals surface area contributed by atoms with Crippen LogP contribution >= 0.6 is 0 Å². The molecule has 1 heterocycles. The SMILES string of the molecule is CC1CCCCCC1NC1CCS(=O)(=O)c2ccccc21. The number of rotatable bonds is 2. The molecule has 0 bridgehead atoms. The predicted molar refractivity (Wildman–Crippen MR) is 85.0 cm³/mol. The molecule has 1 aromatic rings. The number of nitrogens with one attached hydrogen (secondary N) is 1. The first kappa shape index (κ1) is 15.0. The summed E-state index contributed by atoms with van der Waals surface area (Å²) in [6.07, 6.45) is 7.14. The molecule has 3 atom stereocenters. The monoisotopic (exact) mass is 307 g/mol. The van der Waals surface area contributed by atoms with Crippen LogP contribution in [0.5, 0.6) is 0 Å². The Morgan fingerprint density at radius 3 is 2.67 bits per heavy atom. The minimum atomic E-state index is -3.08. The summed E-state index contributed by atoms with van der Waals surface area (Å²) in [5.41, 5.74) is 0.972. The summed E-state index contributed by atoms with van der Waals surface area (Å²) in [4.78, 5) is 0.537. The van der Waals surface area contributed by atoms with Crippen molar-refractivity contribution in [1.82, 2.24) is 5.32 Å². The number of hydrogen-bond acceptors (Lipinski definition) is 3. The second-order valence-corrected chi connectivity index (χ2v) is 8.66. The van der Waals surface area contributed by atoms with Crippen LogP contribution in [0, 0.1) is 5.92 Å². The lowest BCUT2D eigenvalue weighted by atomic mass is 9.94. The Morgan fingerprint density at radius 2 is 1.81 bits per heavy atom. The number of fused-ring (bicyclic) bond motifs is 1. The molecule has 2 aliphatic rings. The maximum Gasteiger partial charge on any atom is 0.178 e. The van der Waals surface area contributed by atoms with Crippen molar-refractivity contribution in [3.8, 4) is 0 Å². The van der Waals surface area contributed by atoms with Gasteiger partial charge in [0, 0.05) is 12.1 Å². The van der Waals surface area contributed by atoms with Gasteiger partial charge in [-0.3, -0.25) is 0 Å². The number of benzene rings is 1. The highest BCUT2D eigenvalue weighted by Gasteiger charge is 2.32. The van der Waals surface area contributed by atoms with Gasteiger partial charge in [0.2, 0.25) is 0 Å². The standard InChI is InChI=1S/C17H25NO2S/c1-13-7-3-2-4-9-15(13)18-16-11-12-21(19,20)17-10-6-5-8-14(16)17/h5-6,8,10,13,15-16,18H,2-4,7,9,11-12H2,1H3. The van der Waals surface area contributed by atoms with Gasteiger partial charge in [-0.05, 0) is 36.8 Å². The number of hydrogen-bond donors (Lipinski definition) is 1. The van der Waals surface area contributed by atoms with E-state index in [1.807, 2.05) is 18.2 Å². The molecule has 3 unspecified atom stereocenters. The van der Waals surface area contributed by atoms with Gasteiger partial charge in [0.05, 0.1) is 10.6 Å². The molecule has 3 rings (SSSR count). The van der Waals surface area contributed by atoms with Crippen molar-refractivity contribution in [2.45, 2.75) is 62.4 Å². The van der Waals surface area contributed by atoms with Crippen LogP contribution in [0.2, 0.25) is 0 Å². The van der Waals surface area contributed by atoms with E-state index in [4.69, 9.17) is 0 Å². The van der Waals surface area contributed by atoms with Crippen molar-refractivity contribution in [1.29, 1.82) is 0 Å². The summed E-state index contributed by atoms with van der Waals surface area (Å²) in [5.74, 6) is 0.946. The summed E-state index contributed by atoms with van der Waals surface area (Å²) >= 11 is 0. The molecule has 0 saturated heterocycles.